The van der Waals surface area contributed by atoms with Gasteiger partial charge >= 0.3 is 51.4 Å². The van der Waals surface area contributed by atoms with Crippen molar-refractivity contribution in [2.45, 2.75) is 0 Å². The molecule has 1 atom stereocenters. The van der Waals surface area contributed by atoms with Crippen molar-refractivity contribution >= 4 is 84.5 Å². The van der Waals surface area contributed by atoms with Gasteiger partial charge < -0.3 is 0 Å². The first kappa shape index (κ1) is 14.9. The van der Waals surface area contributed by atoms with Crippen molar-refractivity contribution in [2.24, 2.45) is 5.84 Å². The minimum absolute atomic E-state index is 0. The number of hydrogen-bond acceptors (Lipinski definition) is 4. The molecule has 0 bridgehead atoms. The van der Waals surface area contributed by atoms with Gasteiger partial charge in [0.05, 0.1) is 0 Å². The number of nitrogens with one attached hydrogen (secondary N) is 1. The summed E-state index contributed by atoms with van der Waals surface area (Å²) in [5.74, 6) is 5.18. The van der Waals surface area contributed by atoms with Crippen LogP contribution in [0, 0.1) is 0 Å². The summed E-state index contributed by atoms with van der Waals surface area (Å²) in [6.07, 6.45) is 0. The molecule has 0 amide bonds. The molecule has 0 fully saturated rings. The summed E-state index contributed by atoms with van der Waals surface area (Å²) in [5, 5.41) is -0.0481. The molecular formula is C8H11KN2OS2. The Morgan fingerprint density at radius 1 is 1.43 bits per heavy atom. The van der Waals surface area contributed by atoms with E-state index in [1.807, 2.05) is 6.07 Å². The van der Waals surface area contributed by atoms with Crippen LogP contribution in [0.1, 0.15) is 10.4 Å². The van der Waals surface area contributed by atoms with E-state index in [0.29, 0.717) is 5.56 Å². The average molecular weight is 254 g/mol. The van der Waals surface area contributed by atoms with E-state index in [2.05, 4.69) is 17.0 Å². The molecule has 0 aliphatic heterocycles. The summed E-state index contributed by atoms with van der Waals surface area (Å²) in [6.45, 7) is 0. The van der Waals surface area contributed by atoms with Crippen molar-refractivity contribution in [3.63, 3.8) is 0 Å². The first-order valence-electron chi connectivity index (χ1n) is 3.59. The van der Waals surface area contributed by atoms with Crippen LogP contribution in [0.25, 0.3) is 0 Å². The number of carbonyl (C=O) groups is 1. The molecule has 3 N–H and O–H groups in total. The number of rotatable bonds is 3. The van der Waals surface area contributed by atoms with Crippen LogP contribution >= 0.6 is 23.3 Å². The monoisotopic (exact) mass is 254 g/mol. The fourth-order valence-electron chi connectivity index (χ4n) is 0.857. The van der Waals surface area contributed by atoms with Crippen LogP contribution in [-0.4, -0.2) is 61.2 Å². The predicted molar refractivity (Wildman–Crippen MR) is 67.9 cm³/mol. The molecule has 0 aliphatic rings. The molecule has 0 saturated heterocycles. The molecule has 0 aliphatic carbocycles. The second kappa shape index (κ2) is 8.09. The van der Waals surface area contributed by atoms with Gasteiger partial charge in [0.25, 0.3) is 0 Å². The quantitative estimate of drug-likeness (QED) is 0.242. The Hall–Kier alpha value is 0.886. The summed E-state index contributed by atoms with van der Waals surface area (Å²) in [4.78, 5) is 14.0. The average Bonchev–Trinajstić information content (AvgIpc) is 2.21. The minimum atomic E-state index is -1.22. The van der Waals surface area contributed by atoms with Crippen LogP contribution in [0.3, 0.4) is 0 Å². The third kappa shape index (κ3) is 4.17. The second-order valence-electron chi connectivity index (χ2n) is 2.28. The van der Waals surface area contributed by atoms with E-state index in [1.165, 1.54) is 4.70 Å². The van der Waals surface area contributed by atoms with Crippen molar-refractivity contribution < 1.29 is 4.79 Å². The molecule has 0 radical (unpaired) electrons. The van der Waals surface area contributed by atoms with E-state index >= 15 is 0 Å². The number of carbonyl (C=O) groups excluding carboxylic acids is 1. The number of hydrogen-bond donors (Lipinski definition) is 3. The van der Waals surface area contributed by atoms with Gasteiger partial charge in [-0.1, -0.05) is 53.6 Å². The van der Waals surface area contributed by atoms with Crippen LogP contribution in [0.5, 0.6) is 0 Å². The molecule has 14 heavy (non-hydrogen) atoms. The van der Waals surface area contributed by atoms with Crippen LogP contribution < -0.4 is 10.7 Å². The van der Waals surface area contributed by atoms with Gasteiger partial charge in [-0.2, -0.15) is 0 Å². The number of thiol groups is 1. The number of thiocarbonyl (C=S) groups is 1. The van der Waals surface area contributed by atoms with E-state index in [9.17, 15) is 4.79 Å². The number of hydrazine groups is 1. The van der Waals surface area contributed by atoms with E-state index in [4.69, 9.17) is 5.84 Å². The van der Waals surface area contributed by atoms with E-state index in [1.54, 1.807) is 24.3 Å². The summed E-state index contributed by atoms with van der Waals surface area (Å²) >= 11 is 3.47. The van der Waals surface area contributed by atoms with Crippen molar-refractivity contribution in [1.29, 1.82) is 0 Å². The van der Waals surface area contributed by atoms with Crippen molar-refractivity contribution in [2.75, 3.05) is 0 Å². The van der Waals surface area contributed by atoms with Gasteiger partial charge in [-0.05, 0) is 0 Å². The van der Waals surface area contributed by atoms with Crippen molar-refractivity contribution in [3.8, 4) is 0 Å². The molecule has 0 heterocycles. The second-order valence-corrected chi connectivity index (χ2v) is 4.52. The summed E-state index contributed by atoms with van der Waals surface area (Å²) < 4.78 is 1.38. The fourth-order valence-corrected chi connectivity index (χ4v) is 2.03. The SMILES string of the molecule is NN[SH](C=S)C(=O)c1ccccc1.[KH]. The van der Waals surface area contributed by atoms with Gasteiger partial charge in [0.2, 0.25) is 5.12 Å². The van der Waals surface area contributed by atoms with Gasteiger partial charge in [0.1, 0.15) is 0 Å². The van der Waals surface area contributed by atoms with Gasteiger partial charge in [-0.25, -0.2) is 4.83 Å². The molecular weight excluding hydrogens is 243 g/mol. The third-order valence-corrected chi connectivity index (χ3v) is 3.30. The molecule has 1 unspecified atom stereocenters. The zero-order valence-electron chi connectivity index (χ0n) is 6.81. The maximum atomic E-state index is 11.6. The van der Waals surface area contributed by atoms with Gasteiger partial charge in [0.15, 0.2) is 0 Å². The van der Waals surface area contributed by atoms with E-state index in [-0.39, 0.29) is 56.5 Å². The summed E-state index contributed by atoms with van der Waals surface area (Å²) in [5.41, 5.74) is 0.632. The summed E-state index contributed by atoms with van der Waals surface area (Å²) in [6, 6.07) is 8.95. The first-order valence-corrected chi connectivity index (χ1v) is 5.48. The van der Waals surface area contributed by atoms with Crippen molar-refractivity contribution in [3.05, 3.63) is 35.9 Å². The van der Waals surface area contributed by atoms with Gasteiger partial charge in [-0.15, -0.1) is 0 Å². The zero-order valence-corrected chi connectivity index (χ0v) is 8.52. The first-order chi connectivity index (χ1) is 6.29. The van der Waals surface area contributed by atoms with Gasteiger partial charge in [0, 0.05) is 10.3 Å². The molecule has 1 rings (SSSR count). The van der Waals surface area contributed by atoms with Crippen LogP contribution in [-0.2, 0) is 0 Å². The molecule has 6 heteroatoms. The molecule has 1 aromatic carbocycles. The standard InChI is InChI=1S/C8H10N2OS2.K.H/c9-10-13(6-12)8(11)7-4-2-1-3-5-7;;/h1-6,10,13H,9H2;;. The summed E-state index contributed by atoms with van der Waals surface area (Å²) in [7, 11) is 0. The Morgan fingerprint density at radius 2 is 2.00 bits per heavy atom. The topological polar surface area (TPSA) is 55.1 Å². The van der Waals surface area contributed by atoms with Gasteiger partial charge in [-0.3, -0.25) is 10.6 Å². The van der Waals surface area contributed by atoms with Crippen LogP contribution in [0.4, 0.5) is 0 Å². The molecule has 0 aromatic heterocycles. The van der Waals surface area contributed by atoms with Crippen LogP contribution in [0.15, 0.2) is 30.3 Å². The Bertz CT molecular complexity index is 307. The van der Waals surface area contributed by atoms with E-state index in [0.717, 1.165) is 0 Å². The Kier molecular flexibility index (Phi) is 8.60. The van der Waals surface area contributed by atoms with Crippen molar-refractivity contribution in [1.82, 2.24) is 4.83 Å². The number of benzene rings is 1. The molecule has 72 valence electrons. The van der Waals surface area contributed by atoms with E-state index < -0.39 is 11.1 Å². The fraction of sp³-hybridized carbons (Fsp3) is 0. The predicted octanol–water partition coefficient (Wildman–Crippen LogP) is 0.515. The van der Waals surface area contributed by atoms with Crippen LogP contribution in [0.2, 0.25) is 0 Å². The molecule has 0 spiro atoms. The zero-order chi connectivity index (χ0) is 9.68. The molecule has 0 saturated carbocycles. The normalized spacial score (nSPS) is 12.5. The molecule has 1 aromatic rings. The Balaban J connectivity index is 0.00000169. The molecule has 3 nitrogen and oxygen atoms in total. The Labute approximate surface area is 134 Å². The maximum absolute atomic E-state index is 11.6. The third-order valence-electron chi connectivity index (χ3n) is 1.48. The number of nitrogens with two attached hydrogens (primary N) is 1. The Morgan fingerprint density at radius 3 is 2.43 bits per heavy atom.